The Kier molecular flexibility index (Phi) is 5.79. The van der Waals surface area contributed by atoms with E-state index in [1.165, 1.54) is 0 Å². The number of aromatic nitrogens is 5. The molecular formula is C36H25N7. The van der Waals surface area contributed by atoms with Crippen molar-refractivity contribution in [2.45, 2.75) is 0 Å². The van der Waals surface area contributed by atoms with Crippen molar-refractivity contribution >= 4 is 55.3 Å². The van der Waals surface area contributed by atoms with Crippen LogP contribution in [-0.4, -0.2) is 29.9 Å². The van der Waals surface area contributed by atoms with Gasteiger partial charge in [-0.2, -0.15) is 0 Å². The van der Waals surface area contributed by atoms with Gasteiger partial charge in [0.05, 0.1) is 50.7 Å². The lowest BCUT2D eigenvalue weighted by Crippen LogP contribution is -2.15. The Morgan fingerprint density at radius 1 is 0.674 bits per heavy atom. The zero-order valence-corrected chi connectivity index (χ0v) is 23.0. The Morgan fingerprint density at radius 2 is 1.40 bits per heavy atom. The molecule has 0 atom stereocenters. The molecule has 0 unspecified atom stereocenters. The van der Waals surface area contributed by atoms with E-state index in [9.17, 15) is 0 Å². The second kappa shape index (κ2) is 10.1. The quantitative estimate of drug-likeness (QED) is 0.206. The van der Waals surface area contributed by atoms with E-state index in [-0.39, 0.29) is 0 Å². The van der Waals surface area contributed by atoms with Gasteiger partial charge in [-0.05, 0) is 47.5 Å². The molecule has 5 aromatic heterocycles. The standard InChI is InChI=1S/C36H25N7/c37-29(24-11-3-1-4-12-24)21-30(25-13-5-2-6-14-25)41-43-31-17-8-7-16-27(31)33-35-28(23-40-36(33)43)34-32(18-10-20-39-34)42(35)26-15-9-19-38-22-26/h1-23,37,41H/b30-21-,37-29?. The van der Waals surface area contributed by atoms with Crippen molar-refractivity contribution < 1.29 is 0 Å². The lowest BCUT2D eigenvalue weighted by atomic mass is 10.1. The van der Waals surface area contributed by atoms with E-state index >= 15 is 0 Å². The summed E-state index contributed by atoms with van der Waals surface area (Å²) in [4.78, 5) is 14.2. The molecule has 0 amide bonds. The van der Waals surface area contributed by atoms with E-state index in [2.05, 4.69) is 45.3 Å². The van der Waals surface area contributed by atoms with Gasteiger partial charge in [-0.15, -0.1) is 0 Å². The van der Waals surface area contributed by atoms with Gasteiger partial charge in [-0.3, -0.25) is 15.4 Å². The number of hydrogen-bond donors (Lipinski definition) is 2. The molecule has 0 saturated carbocycles. The first-order chi connectivity index (χ1) is 21.3. The number of hydrogen-bond acceptors (Lipinski definition) is 5. The Morgan fingerprint density at radius 3 is 2.19 bits per heavy atom. The number of benzene rings is 3. The molecule has 0 spiro atoms. The molecule has 2 N–H and O–H groups in total. The summed E-state index contributed by atoms with van der Waals surface area (Å²) in [5.74, 6) is 0. The van der Waals surface area contributed by atoms with Crippen LogP contribution in [0.25, 0.3) is 55.3 Å². The van der Waals surface area contributed by atoms with Gasteiger partial charge >= 0.3 is 0 Å². The highest BCUT2D eigenvalue weighted by Crippen LogP contribution is 2.39. The zero-order valence-electron chi connectivity index (χ0n) is 23.0. The number of nitrogens with one attached hydrogen (secondary N) is 2. The maximum Gasteiger partial charge on any atom is 0.162 e. The fourth-order valence-corrected chi connectivity index (χ4v) is 5.85. The molecular weight excluding hydrogens is 530 g/mol. The molecule has 0 fully saturated rings. The van der Waals surface area contributed by atoms with Crippen LogP contribution in [0.2, 0.25) is 0 Å². The van der Waals surface area contributed by atoms with E-state index in [1.807, 2.05) is 108 Å². The monoisotopic (exact) mass is 555 g/mol. The summed E-state index contributed by atoms with van der Waals surface area (Å²) >= 11 is 0. The van der Waals surface area contributed by atoms with Gasteiger partial charge in [-0.1, -0.05) is 78.9 Å². The number of pyridine rings is 3. The topological polar surface area (TPSA) is 84.4 Å². The Bertz CT molecular complexity index is 2320. The highest BCUT2D eigenvalue weighted by Gasteiger charge is 2.22. The van der Waals surface area contributed by atoms with Gasteiger partial charge in [0.2, 0.25) is 0 Å². The summed E-state index contributed by atoms with van der Waals surface area (Å²) in [5.41, 5.74) is 12.3. The minimum Gasteiger partial charge on any atom is -0.305 e. The number of rotatable bonds is 6. The predicted molar refractivity (Wildman–Crippen MR) is 174 cm³/mol. The van der Waals surface area contributed by atoms with Crippen molar-refractivity contribution in [2.75, 3.05) is 5.43 Å². The molecule has 0 bridgehead atoms. The third kappa shape index (κ3) is 4.06. The van der Waals surface area contributed by atoms with Crippen LogP contribution in [0.3, 0.4) is 0 Å². The molecule has 0 aliphatic heterocycles. The molecule has 0 aliphatic rings. The van der Waals surface area contributed by atoms with Crippen LogP contribution in [0.15, 0.2) is 140 Å². The largest absolute Gasteiger partial charge is 0.305 e. The predicted octanol–water partition coefficient (Wildman–Crippen LogP) is 7.73. The second-order valence-corrected chi connectivity index (χ2v) is 10.3. The minimum absolute atomic E-state index is 0.408. The first kappa shape index (κ1) is 24.7. The normalized spacial score (nSPS) is 12.0. The van der Waals surface area contributed by atoms with Crippen LogP contribution >= 0.6 is 0 Å². The van der Waals surface area contributed by atoms with Crippen LogP contribution in [0.1, 0.15) is 11.1 Å². The third-order valence-electron chi connectivity index (χ3n) is 7.76. The van der Waals surface area contributed by atoms with Crippen molar-refractivity contribution in [1.29, 1.82) is 5.41 Å². The summed E-state index contributed by atoms with van der Waals surface area (Å²) in [6.07, 6.45) is 9.27. The van der Waals surface area contributed by atoms with Gasteiger partial charge < -0.3 is 9.98 Å². The third-order valence-corrected chi connectivity index (χ3v) is 7.76. The molecule has 0 saturated heterocycles. The molecule has 0 aliphatic carbocycles. The van der Waals surface area contributed by atoms with E-state index in [1.54, 1.807) is 6.20 Å². The van der Waals surface area contributed by atoms with Crippen LogP contribution in [-0.2, 0) is 0 Å². The van der Waals surface area contributed by atoms with Gasteiger partial charge in [-0.25, -0.2) is 9.66 Å². The number of fused-ring (bicyclic) bond motifs is 7. The summed E-state index contributed by atoms with van der Waals surface area (Å²) < 4.78 is 4.25. The average molecular weight is 556 g/mol. The van der Waals surface area contributed by atoms with E-state index < -0.39 is 0 Å². The molecule has 0 radical (unpaired) electrons. The van der Waals surface area contributed by atoms with E-state index in [0.29, 0.717) is 5.71 Å². The zero-order chi connectivity index (χ0) is 28.8. The van der Waals surface area contributed by atoms with Crippen molar-refractivity contribution in [1.82, 2.24) is 24.2 Å². The van der Waals surface area contributed by atoms with Gasteiger partial charge in [0.25, 0.3) is 0 Å². The average Bonchev–Trinajstić information content (AvgIpc) is 3.58. The summed E-state index contributed by atoms with van der Waals surface area (Å²) in [7, 11) is 0. The Labute approximate surface area is 246 Å². The van der Waals surface area contributed by atoms with Crippen LogP contribution in [0.4, 0.5) is 0 Å². The number of para-hydroxylation sites is 1. The highest BCUT2D eigenvalue weighted by molar-refractivity contribution is 6.24. The van der Waals surface area contributed by atoms with Crippen LogP contribution in [0.5, 0.6) is 0 Å². The van der Waals surface area contributed by atoms with Crippen LogP contribution < -0.4 is 5.43 Å². The maximum atomic E-state index is 8.90. The first-order valence-electron chi connectivity index (χ1n) is 14.0. The summed E-state index contributed by atoms with van der Waals surface area (Å²) in [5, 5.41) is 11.9. The van der Waals surface area contributed by atoms with Gasteiger partial charge in [0, 0.05) is 29.4 Å². The number of allylic oxidation sites excluding steroid dienone is 1. The maximum absolute atomic E-state index is 8.90. The Hall–Kier alpha value is -6.08. The molecule has 8 aromatic rings. The SMILES string of the molecule is N=C(/C=C(\Nn1c2ccccc2c2c1ncc1c3ncccc3n(-c3cccnc3)c12)c1ccccc1)c1ccccc1. The Balaban J connectivity index is 1.42. The molecule has 3 aromatic carbocycles. The number of nitrogens with zero attached hydrogens (tertiary/aromatic N) is 5. The molecule has 204 valence electrons. The molecule has 5 heterocycles. The van der Waals surface area contributed by atoms with Crippen molar-refractivity contribution in [3.05, 3.63) is 151 Å². The molecule has 8 rings (SSSR count). The fraction of sp³-hybridized carbons (Fsp3) is 0. The molecule has 43 heavy (non-hydrogen) atoms. The summed E-state index contributed by atoms with van der Waals surface area (Å²) in [6.45, 7) is 0. The van der Waals surface area contributed by atoms with E-state index in [4.69, 9.17) is 15.4 Å². The highest BCUT2D eigenvalue weighted by atomic mass is 15.4. The van der Waals surface area contributed by atoms with Gasteiger partial charge in [0.1, 0.15) is 0 Å². The minimum atomic E-state index is 0.408. The lowest BCUT2D eigenvalue weighted by molar-refractivity contribution is 1.04. The van der Waals surface area contributed by atoms with Crippen molar-refractivity contribution in [3.63, 3.8) is 0 Å². The smallest absolute Gasteiger partial charge is 0.162 e. The summed E-state index contributed by atoms with van der Waals surface area (Å²) in [6, 6.07) is 36.2. The van der Waals surface area contributed by atoms with Crippen LogP contribution in [0, 0.1) is 5.41 Å². The van der Waals surface area contributed by atoms with Crippen molar-refractivity contribution in [3.8, 4) is 5.69 Å². The molecule has 7 heteroatoms. The van der Waals surface area contributed by atoms with Crippen molar-refractivity contribution in [2.24, 2.45) is 0 Å². The lowest BCUT2D eigenvalue weighted by Gasteiger charge is -2.15. The fourth-order valence-electron chi connectivity index (χ4n) is 5.85. The van der Waals surface area contributed by atoms with E-state index in [0.717, 1.165) is 66.4 Å². The first-order valence-corrected chi connectivity index (χ1v) is 14.0. The second-order valence-electron chi connectivity index (χ2n) is 10.3. The molecule has 7 nitrogen and oxygen atoms in total. The van der Waals surface area contributed by atoms with Gasteiger partial charge in [0.15, 0.2) is 5.65 Å².